The summed E-state index contributed by atoms with van der Waals surface area (Å²) in [7, 11) is 0. The normalized spacial score (nSPS) is 12.5. The molecule has 0 saturated carbocycles. The number of aryl methyl sites for hydroxylation is 1. The van der Waals surface area contributed by atoms with Gasteiger partial charge in [0.05, 0.1) is 6.20 Å². The average molecular weight is 289 g/mol. The van der Waals surface area contributed by atoms with Crippen LogP contribution in [-0.4, -0.2) is 21.5 Å². The van der Waals surface area contributed by atoms with Gasteiger partial charge in [0.2, 0.25) is 5.89 Å². The maximum atomic E-state index is 5.54. The number of nitrogens with one attached hydrogen (secondary N) is 2. The minimum atomic E-state index is -0.0527. The predicted octanol–water partition coefficient (Wildman–Crippen LogP) is 3.50. The molecule has 0 aliphatic carbocycles. The minimum absolute atomic E-state index is 0.0527. The van der Waals surface area contributed by atoms with E-state index in [-0.39, 0.29) is 12.0 Å². The summed E-state index contributed by atoms with van der Waals surface area (Å²) in [4.78, 5) is 13.3. The zero-order valence-electron chi connectivity index (χ0n) is 13.3. The predicted molar refractivity (Wildman–Crippen MR) is 83.6 cm³/mol. The smallest absolute Gasteiger partial charge is 0.216 e. The summed E-state index contributed by atoms with van der Waals surface area (Å²) in [6, 6.07) is 1.85. The van der Waals surface area contributed by atoms with Crippen LogP contribution in [0.15, 0.2) is 16.7 Å². The van der Waals surface area contributed by atoms with Crippen molar-refractivity contribution in [3.05, 3.63) is 29.7 Å². The number of hydrogen-bond acceptors (Lipinski definition) is 6. The first-order valence-corrected chi connectivity index (χ1v) is 7.31. The van der Waals surface area contributed by atoms with E-state index in [4.69, 9.17) is 4.42 Å². The summed E-state index contributed by atoms with van der Waals surface area (Å²) in [5.41, 5.74) is 0. The van der Waals surface area contributed by atoms with Crippen molar-refractivity contribution in [1.29, 1.82) is 0 Å². The molecular formula is C15H23N5O. The molecule has 0 bridgehead atoms. The highest BCUT2D eigenvalue weighted by molar-refractivity contribution is 5.48. The molecule has 0 saturated heterocycles. The fraction of sp³-hybridized carbons (Fsp3) is 0.533. The van der Waals surface area contributed by atoms with E-state index in [1.54, 1.807) is 6.20 Å². The zero-order chi connectivity index (χ0) is 15.4. The lowest BCUT2D eigenvalue weighted by Gasteiger charge is -2.15. The average Bonchev–Trinajstić information content (AvgIpc) is 2.85. The van der Waals surface area contributed by atoms with Crippen LogP contribution in [0.5, 0.6) is 0 Å². The molecule has 6 heteroatoms. The van der Waals surface area contributed by atoms with Gasteiger partial charge in [-0.1, -0.05) is 13.8 Å². The Balaban J connectivity index is 2.21. The van der Waals surface area contributed by atoms with Crippen molar-refractivity contribution in [1.82, 2.24) is 15.0 Å². The van der Waals surface area contributed by atoms with Gasteiger partial charge in [-0.05, 0) is 20.8 Å². The summed E-state index contributed by atoms with van der Waals surface area (Å²) >= 11 is 0. The third-order valence-corrected chi connectivity index (χ3v) is 2.99. The maximum Gasteiger partial charge on any atom is 0.216 e. The lowest BCUT2D eigenvalue weighted by atomic mass is 10.2. The first-order valence-electron chi connectivity index (χ1n) is 7.31. The molecule has 0 aliphatic heterocycles. The summed E-state index contributed by atoms with van der Waals surface area (Å²) in [5, 5.41) is 6.55. The maximum absolute atomic E-state index is 5.54. The SMILES string of the molecule is CCNc1cc(NC(C)c2ncc(C)o2)nc(C(C)C)n1. The van der Waals surface area contributed by atoms with Gasteiger partial charge in [-0.3, -0.25) is 0 Å². The van der Waals surface area contributed by atoms with Crippen molar-refractivity contribution in [2.45, 2.75) is 46.6 Å². The molecule has 21 heavy (non-hydrogen) atoms. The van der Waals surface area contributed by atoms with Crippen LogP contribution in [0.2, 0.25) is 0 Å². The summed E-state index contributed by atoms with van der Waals surface area (Å²) < 4.78 is 5.54. The van der Waals surface area contributed by atoms with Crippen molar-refractivity contribution in [2.75, 3.05) is 17.2 Å². The molecule has 0 aromatic carbocycles. The molecular weight excluding hydrogens is 266 g/mol. The van der Waals surface area contributed by atoms with Gasteiger partial charge in [-0.25, -0.2) is 15.0 Å². The summed E-state index contributed by atoms with van der Waals surface area (Å²) in [6.45, 7) is 10.9. The Morgan fingerprint density at radius 1 is 1.19 bits per heavy atom. The Labute approximate surface area is 125 Å². The molecule has 2 N–H and O–H groups in total. The van der Waals surface area contributed by atoms with E-state index < -0.39 is 0 Å². The number of nitrogens with zero attached hydrogens (tertiary/aromatic N) is 3. The largest absolute Gasteiger partial charge is 0.444 e. The fourth-order valence-electron chi connectivity index (χ4n) is 1.93. The van der Waals surface area contributed by atoms with Gasteiger partial charge in [0.15, 0.2) is 0 Å². The van der Waals surface area contributed by atoms with Crippen LogP contribution in [0.4, 0.5) is 11.6 Å². The summed E-state index contributed by atoms with van der Waals surface area (Å²) in [6.07, 6.45) is 1.72. The molecule has 2 heterocycles. The van der Waals surface area contributed by atoms with Crippen LogP contribution in [0.25, 0.3) is 0 Å². The number of rotatable bonds is 6. The van der Waals surface area contributed by atoms with Crippen molar-refractivity contribution in [3.63, 3.8) is 0 Å². The molecule has 0 spiro atoms. The first kappa shape index (κ1) is 15.3. The van der Waals surface area contributed by atoms with E-state index in [0.29, 0.717) is 5.89 Å². The van der Waals surface area contributed by atoms with Crippen molar-refractivity contribution < 1.29 is 4.42 Å². The standard InChI is InChI=1S/C15H23N5O/c1-6-16-12-7-13(20-14(19-12)9(2)3)18-11(5)15-17-8-10(4)21-15/h7-9,11H,6H2,1-5H3,(H2,16,18,19,20). The van der Waals surface area contributed by atoms with Crippen LogP contribution in [0.1, 0.15) is 57.1 Å². The first-order chi connectivity index (χ1) is 9.99. The van der Waals surface area contributed by atoms with Crippen LogP contribution in [0, 0.1) is 6.92 Å². The van der Waals surface area contributed by atoms with Gasteiger partial charge in [-0.15, -0.1) is 0 Å². The van der Waals surface area contributed by atoms with Gasteiger partial charge in [0.1, 0.15) is 29.3 Å². The molecule has 1 unspecified atom stereocenters. The van der Waals surface area contributed by atoms with E-state index in [0.717, 1.165) is 29.8 Å². The fourth-order valence-corrected chi connectivity index (χ4v) is 1.93. The number of aromatic nitrogens is 3. The third-order valence-electron chi connectivity index (χ3n) is 2.99. The van der Waals surface area contributed by atoms with E-state index in [2.05, 4.69) is 39.4 Å². The molecule has 114 valence electrons. The number of anilines is 2. The van der Waals surface area contributed by atoms with E-state index in [1.807, 2.05) is 26.8 Å². The third kappa shape index (κ3) is 3.93. The number of hydrogen-bond donors (Lipinski definition) is 2. The minimum Gasteiger partial charge on any atom is -0.444 e. The Morgan fingerprint density at radius 3 is 2.48 bits per heavy atom. The Morgan fingerprint density at radius 2 is 1.90 bits per heavy atom. The summed E-state index contributed by atoms with van der Waals surface area (Å²) in [5.74, 6) is 4.14. The highest BCUT2D eigenvalue weighted by Gasteiger charge is 2.14. The Bertz CT molecular complexity index is 593. The molecule has 0 aliphatic rings. The molecule has 6 nitrogen and oxygen atoms in total. The lowest BCUT2D eigenvalue weighted by molar-refractivity contribution is 0.453. The second kappa shape index (κ2) is 6.56. The van der Waals surface area contributed by atoms with E-state index >= 15 is 0 Å². The highest BCUT2D eigenvalue weighted by atomic mass is 16.4. The molecule has 0 amide bonds. The van der Waals surface area contributed by atoms with Gasteiger partial charge in [-0.2, -0.15) is 0 Å². The van der Waals surface area contributed by atoms with Gasteiger partial charge in [0, 0.05) is 18.5 Å². The second-order valence-electron chi connectivity index (χ2n) is 5.36. The van der Waals surface area contributed by atoms with Gasteiger partial charge < -0.3 is 15.1 Å². The van der Waals surface area contributed by atoms with Crippen LogP contribution >= 0.6 is 0 Å². The van der Waals surface area contributed by atoms with Crippen LogP contribution < -0.4 is 10.6 Å². The quantitative estimate of drug-likeness (QED) is 0.847. The van der Waals surface area contributed by atoms with Gasteiger partial charge >= 0.3 is 0 Å². The molecule has 1 atom stereocenters. The monoisotopic (exact) mass is 289 g/mol. The zero-order valence-corrected chi connectivity index (χ0v) is 13.3. The van der Waals surface area contributed by atoms with Crippen molar-refractivity contribution in [3.8, 4) is 0 Å². The molecule has 2 aromatic rings. The molecule has 2 aromatic heterocycles. The van der Waals surface area contributed by atoms with Crippen molar-refractivity contribution >= 4 is 11.6 Å². The van der Waals surface area contributed by atoms with Gasteiger partial charge in [0.25, 0.3) is 0 Å². The number of oxazole rings is 1. The topological polar surface area (TPSA) is 75.9 Å². The van der Waals surface area contributed by atoms with E-state index in [1.165, 1.54) is 0 Å². The van der Waals surface area contributed by atoms with E-state index in [9.17, 15) is 0 Å². The Kier molecular flexibility index (Phi) is 4.77. The van der Waals surface area contributed by atoms with Crippen LogP contribution in [0.3, 0.4) is 0 Å². The Hall–Kier alpha value is -2.11. The molecule has 0 radical (unpaired) electrons. The lowest BCUT2D eigenvalue weighted by Crippen LogP contribution is -2.12. The highest BCUT2D eigenvalue weighted by Crippen LogP contribution is 2.21. The molecule has 2 rings (SSSR count). The van der Waals surface area contributed by atoms with Crippen molar-refractivity contribution in [2.24, 2.45) is 0 Å². The van der Waals surface area contributed by atoms with Crippen LogP contribution in [-0.2, 0) is 0 Å². The second-order valence-corrected chi connectivity index (χ2v) is 5.36. The molecule has 0 fully saturated rings.